The van der Waals surface area contributed by atoms with Gasteiger partial charge in [-0.15, -0.1) is 0 Å². The van der Waals surface area contributed by atoms with Crippen LogP contribution in [0.1, 0.15) is 46.5 Å². The third-order valence-electron chi connectivity index (χ3n) is 2.63. The van der Waals surface area contributed by atoms with Gasteiger partial charge in [-0.3, -0.25) is 4.79 Å². The molecule has 0 aliphatic rings. The minimum atomic E-state index is -0.228. The van der Waals surface area contributed by atoms with Gasteiger partial charge in [0.05, 0.1) is 7.11 Å². The molecule has 1 atom stereocenters. The van der Waals surface area contributed by atoms with E-state index >= 15 is 0 Å². The van der Waals surface area contributed by atoms with Gasteiger partial charge >= 0.3 is 5.97 Å². The first-order chi connectivity index (χ1) is 8.56. The molecule has 18 heavy (non-hydrogen) atoms. The Labute approximate surface area is 121 Å². The first-order valence-electron chi connectivity index (χ1n) is 6.60. The van der Waals surface area contributed by atoms with E-state index < -0.39 is 0 Å². The summed E-state index contributed by atoms with van der Waals surface area (Å²) in [6.45, 7) is 8.14. The van der Waals surface area contributed by atoms with Gasteiger partial charge in [0.15, 0.2) is 0 Å². The zero-order valence-corrected chi connectivity index (χ0v) is 13.5. The van der Waals surface area contributed by atoms with Crippen LogP contribution in [0.5, 0.6) is 0 Å². The van der Waals surface area contributed by atoms with E-state index in [4.69, 9.17) is 17.0 Å². The van der Waals surface area contributed by atoms with Gasteiger partial charge in [0.2, 0.25) is 0 Å². The fourth-order valence-electron chi connectivity index (χ4n) is 1.43. The summed E-state index contributed by atoms with van der Waals surface area (Å²) in [6.07, 6.45) is 4.58. The van der Waals surface area contributed by atoms with Crippen molar-refractivity contribution in [2.75, 3.05) is 20.2 Å². The van der Waals surface area contributed by atoms with E-state index in [1.807, 2.05) is 6.92 Å². The maximum absolute atomic E-state index is 11.4. The van der Waals surface area contributed by atoms with Crippen molar-refractivity contribution in [2.45, 2.75) is 51.7 Å². The Bertz CT molecular complexity index is 251. The smallest absolute Gasteiger partial charge is 0.318 e. The van der Waals surface area contributed by atoms with Crippen molar-refractivity contribution in [2.24, 2.45) is 0 Å². The zero-order chi connectivity index (χ0) is 14.0. The average molecular weight is 291 g/mol. The van der Waals surface area contributed by atoms with Crippen molar-refractivity contribution < 1.29 is 9.53 Å². The number of thiocarbonyl (C=S) groups is 1. The largest absolute Gasteiger partial charge is 0.468 e. The molecule has 0 N–H and O–H groups in total. The molecule has 0 aromatic heterocycles. The summed E-state index contributed by atoms with van der Waals surface area (Å²) in [5.41, 5.74) is 0. The van der Waals surface area contributed by atoms with Crippen LogP contribution in [0.25, 0.3) is 0 Å². The second-order valence-corrected chi connectivity index (χ2v) is 6.22. The number of esters is 1. The van der Waals surface area contributed by atoms with Gasteiger partial charge in [-0.2, -0.15) is 0 Å². The second kappa shape index (κ2) is 10.6. The van der Waals surface area contributed by atoms with Gasteiger partial charge < -0.3 is 9.64 Å². The van der Waals surface area contributed by atoms with Crippen LogP contribution in [0.15, 0.2) is 0 Å². The lowest BCUT2D eigenvalue weighted by Gasteiger charge is -2.25. The third-order valence-corrected chi connectivity index (χ3v) is 4.18. The Hall–Kier alpha value is -0.290. The number of nitrogens with zero attached hydrogens (tertiary/aromatic N) is 1. The molecule has 106 valence electrons. The van der Waals surface area contributed by atoms with Crippen LogP contribution < -0.4 is 0 Å². The summed E-state index contributed by atoms with van der Waals surface area (Å²) >= 11 is 6.85. The summed E-state index contributed by atoms with van der Waals surface area (Å²) in [6, 6.07) is 0. The summed E-state index contributed by atoms with van der Waals surface area (Å²) in [5.74, 6) is -0.215. The first-order valence-corrected chi connectivity index (χ1v) is 7.88. The van der Waals surface area contributed by atoms with Crippen LogP contribution in [0.3, 0.4) is 0 Å². The monoisotopic (exact) mass is 291 g/mol. The van der Waals surface area contributed by atoms with Crippen LogP contribution in [0, 0.1) is 0 Å². The lowest BCUT2D eigenvalue weighted by atomic mass is 10.3. The SMILES string of the molecule is CCCCN(CCCC)C(=S)SC(C)C(=O)OC. The molecule has 0 heterocycles. The molecular weight excluding hydrogens is 266 g/mol. The number of ether oxygens (including phenoxy) is 1. The number of carbonyl (C=O) groups excluding carboxylic acids is 1. The standard InChI is InChI=1S/C13H25NO2S2/c1-5-7-9-14(10-8-6-2)13(17)18-11(3)12(15)16-4/h11H,5-10H2,1-4H3. The predicted octanol–water partition coefficient (Wildman–Crippen LogP) is 3.47. The zero-order valence-electron chi connectivity index (χ0n) is 11.9. The molecule has 0 amide bonds. The predicted molar refractivity (Wildman–Crippen MR) is 83.1 cm³/mol. The van der Waals surface area contributed by atoms with Crippen LogP contribution in [0.4, 0.5) is 0 Å². The Balaban J connectivity index is 4.30. The quantitative estimate of drug-likeness (QED) is 0.504. The molecule has 0 saturated heterocycles. The van der Waals surface area contributed by atoms with E-state index in [1.165, 1.54) is 18.9 Å². The molecular formula is C13H25NO2S2. The summed E-state index contributed by atoms with van der Waals surface area (Å²) < 4.78 is 5.53. The Kier molecular flexibility index (Phi) is 10.4. The van der Waals surface area contributed by atoms with E-state index in [0.717, 1.165) is 43.1 Å². The van der Waals surface area contributed by atoms with Crippen LogP contribution in [-0.4, -0.2) is 40.6 Å². The Morgan fingerprint density at radius 3 is 2.17 bits per heavy atom. The maximum Gasteiger partial charge on any atom is 0.318 e. The molecule has 0 aliphatic carbocycles. The second-order valence-electron chi connectivity index (χ2n) is 4.24. The highest BCUT2D eigenvalue weighted by atomic mass is 32.2. The molecule has 0 spiro atoms. The average Bonchev–Trinajstić information content (AvgIpc) is 2.37. The first kappa shape index (κ1) is 17.7. The van der Waals surface area contributed by atoms with Gasteiger partial charge in [-0.05, 0) is 19.8 Å². The number of hydrogen-bond acceptors (Lipinski definition) is 4. The fraction of sp³-hybridized carbons (Fsp3) is 0.846. The van der Waals surface area contributed by atoms with E-state index in [9.17, 15) is 4.79 Å². The highest BCUT2D eigenvalue weighted by Crippen LogP contribution is 2.18. The van der Waals surface area contributed by atoms with Gasteiger partial charge in [-0.1, -0.05) is 50.7 Å². The van der Waals surface area contributed by atoms with Crippen LogP contribution >= 0.6 is 24.0 Å². The van der Waals surface area contributed by atoms with Gasteiger partial charge in [-0.25, -0.2) is 0 Å². The lowest BCUT2D eigenvalue weighted by molar-refractivity contribution is -0.139. The van der Waals surface area contributed by atoms with Gasteiger partial charge in [0.25, 0.3) is 0 Å². The molecule has 1 unspecified atom stereocenters. The van der Waals surface area contributed by atoms with Crippen molar-refractivity contribution in [3.63, 3.8) is 0 Å². The fourth-order valence-corrected chi connectivity index (χ4v) is 2.87. The Morgan fingerprint density at radius 1 is 1.28 bits per heavy atom. The molecule has 0 aromatic carbocycles. The van der Waals surface area contributed by atoms with E-state index in [1.54, 1.807) is 0 Å². The number of rotatable bonds is 8. The van der Waals surface area contributed by atoms with Crippen molar-refractivity contribution in [3.8, 4) is 0 Å². The normalized spacial score (nSPS) is 12.0. The molecule has 0 aliphatic heterocycles. The lowest BCUT2D eigenvalue weighted by Crippen LogP contribution is -2.31. The third kappa shape index (κ3) is 7.21. The number of methoxy groups -OCH3 is 1. The van der Waals surface area contributed by atoms with Gasteiger partial charge in [0.1, 0.15) is 9.57 Å². The molecule has 0 fully saturated rings. The Morgan fingerprint density at radius 2 is 1.78 bits per heavy atom. The van der Waals surface area contributed by atoms with Crippen molar-refractivity contribution in [3.05, 3.63) is 0 Å². The van der Waals surface area contributed by atoms with Crippen molar-refractivity contribution >= 4 is 34.3 Å². The molecule has 3 nitrogen and oxygen atoms in total. The van der Waals surface area contributed by atoms with Crippen LogP contribution in [0.2, 0.25) is 0 Å². The molecule has 0 aromatic rings. The van der Waals surface area contributed by atoms with Crippen molar-refractivity contribution in [1.82, 2.24) is 4.90 Å². The highest BCUT2D eigenvalue weighted by molar-refractivity contribution is 8.23. The summed E-state index contributed by atoms with van der Waals surface area (Å²) in [7, 11) is 1.41. The van der Waals surface area contributed by atoms with Crippen molar-refractivity contribution in [1.29, 1.82) is 0 Å². The minimum Gasteiger partial charge on any atom is -0.468 e. The topological polar surface area (TPSA) is 29.5 Å². The summed E-state index contributed by atoms with van der Waals surface area (Å²) in [4.78, 5) is 13.6. The van der Waals surface area contributed by atoms with E-state index in [2.05, 4.69) is 18.7 Å². The van der Waals surface area contributed by atoms with Gasteiger partial charge in [0, 0.05) is 13.1 Å². The van der Waals surface area contributed by atoms with Crippen LogP contribution in [-0.2, 0) is 9.53 Å². The van der Waals surface area contributed by atoms with E-state index in [0.29, 0.717) is 0 Å². The minimum absolute atomic E-state index is 0.215. The number of carbonyl (C=O) groups is 1. The highest BCUT2D eigenvalue weighted by Gasteiger charge is 2.19. The summed E-state index contributed by atoms with van der Waals surface area (Å²) in [5, 5.41) is -0.228. The molecule has 0 radical (unpaired) electrons. The number of unbranched alkanes of at least 4 members (excludes halogenated alkanes) is 2. The number of hydrogen-bond donors (Lipinski definition) is 0. The number of thioether (sulfide) groups is 1. The molecule has 5 heteroatoms. The maximum atomic E-state index is 11.4. The molecule has 0 bridgehead atoms. The molecule has 0 saturated carbocycles. The molecule has 0 rings (SSSR count). The van der Waals surface area contributed by atoms with E-state index in [-0.39, 0.29) is 11.2 Å².